The molecular weight excluding hydrogens is 382 g/mol. The van der Waals surface area contributed by atoms with Gasteiger partial charge in [-0.3, -0.25) is 9.59 Å². The lowest BCUT2D eigenvalue weighted by Gasteiger charge is -2.16. The fourth-order valence-electron chi connectivity index (χ4n) is 2.52. The number of anilines is 2. The number of rotatable bonds is 4. The largest absolute Gasteiger partial charge is 0.325 e. The molecule has 0 aliphatic heterocycles. The summed E-state index contributed by atoms with van der Waals surface area (Å²) in [6.45, 7) is 1.96. The zero-order chi connectivity index (χ0) is 18.0. The third kappa shape index (κ3) is 3.57. The number of carbonyl (C=O) groups is 2. The topological polar surface area (TPSA) is 82.0 Å². The Balaban J connectivity index is 1.71. The second kappa shape index (κ2) is 6.69. The summed E-state index contributed by atoms with van der Waals surface area (Å²) in [5.74, 6) is -0.624. The quantitative estimate of drug-likeness (QED) is 0.765. The van der Waals surface area contributed by atoms with Crippen molar-refractivity contribution in [3.05, 3.63) is 58.1 Å². The molecule has 25 heavy (non-hydrogen) atoms. The molecule has 0 aromatic heterocycles. The minimum atomic E-state index is -1.03. The Morgan fingerprint density at radius 2 is 1.72 bits per heavy atom. The van der Waals surface area contributed by atoms with Gasteiger partial charge in [0.2, 0.25) is 11.8 Å². The fraction of sp³-hybridized carbons (Fsp3) is 0.211. The number of nitrogens with one attached hydrogen (secondary N) is 2. The molecule has 0 radical (unpaired) electrons. The van der Waals surface area contributed by atoms with Gasteiger partial charge in [-0.15, -0.1) is 0 Å². The molecular formula is C19H16BrN3O2. The molecule has 1 saturated carbocycles. The van der Waals surface area contributed by atoms with E-state index in [1.807, 2.05) is 31.2 Å². The van der Waals surface area contributed by atoms with E-state index in [4.69, 9.17) is 5.26 Å². The molecule has 2 aromatic carbocycles. The highest BCUT2D eigenvalue weighted by Gasteiger charge is 2.56. The summed E-state index contributed by atoms with van der Waals surface area (Å²) in [6.07, 6.45) is 1.04. The number of nitriles is 1. The van der Waals surface area contributed by atoms with E-state index in [0.29, 0.717) is 29.8 Å². The molecule has 0 unspecified atom stereocenters. The van der Waals surface area contributed by atoms with Gasteiger partial charge >= 0.3 is 0 Å². The summed E-state index contributed by atoms with van der Waals surface area (Å²) in [5.41, 5.74) is 1.77. The number of benzene rings is 2. The first-order chi connectivity index (χ1) is 11.9. The normalized spacial score (nSPS) is 14.3. The van der Waals surface area contributed by atoms with Gasteiger partial charge < -0.3 is 10.6 Å². The third-order valence-electron chi connectivity index (χ3n) is 4.26. The van der Waals surface area contributed by atoms with Crippen molar-refractivity contribution in [3.63, 3.8) is 0 Å². The van der Waals surface area contributed by atoms with Gasteiger partial charge in [-0.25, -0.2) is 0 Å². The maximum Gasteiger partial charge on any atom is 0.240 e. The van der Waals surface area contributed by atoms with E-state index in [1.165, 1.54) is 0 Å². The molecule has 2 amide bonds. The van der Waals surface area contributed by atoms with Crippen LogP contribution < -0.4 is 10.6 Å². The standard InChI is InChI=1S/C19H16BrN3O2/c1-12-2-7-16(15(20)10-12)23-18(25)19(8-9-19)17(24)22-14-5-3-13(11-21)4-6-14/h2-7,10H,8-9H2,1H3,(H,22,24)(H,23,25). The lowest BCUT2D eigenvalue weighted by Crippen LogP contribution is -2.35. The van der Waals surface area contributed by atoms with Crippen molar-refractivity contribution >= 4 is 39.1 Å². The Kier molecular flexibility index (Phi) is 4.60. The van der Waals surface area contributed by atoms with Crippen LogP contribution in [0.3, 0.4) is 0 Å². The number of nitrogens with zero attached hydrogens (tertiary/aromatic N) is 1. The van der Waals surface area contributed by atoms with Crippen LogP contribution in [0.4, 0.5) is 11.4 Å². The Morgan fingerprint density at radius 1 is 1.08 bits per heavy atom. The molecule has 0 atom stereocenters. The van der Waals surface area contributed by atoms with Gasteiger partial charge in [-0.05, 0) is 77.7 Å². The van der Waals surface area contributed by atoms with Crippen molar-refractivity contribution in [2.75, 3.05) is 10.6 Å². The smallest absolute Gasteiger partial charge is 0.240 e. The lowest BCUT2D eigenvalue weighted by molar-refractivity contribution is -0.131. The summed E-state index contributed by atoms with van der Waals surface area (Å²) in [4.78, 5) is 25.2. The van der Waals surface area contributed by atoms with Crippen LogP contribution in [0, 0.1) is 23.7 Å². The van der Waals surface area contributed by atoms with E-state index in [-0.39, 0.29) is 11.8 Å². The van der Waals surface area contributed by atoms with E-state index in [0.717, 1.165) is 10.0 Å². The number of halogens is 1. The highest BCUT2D eigenvalue weighted by molar-refractivity contribution is 9.10. The predicted molar refractivity (Wildman–Crippen MR) is 99.0 cm³/mol. The average Bonchev–Trinajstić information content (AvgIpc) is 3.40. The SMILES string of the molecule is Cc1ccc(NC(=O)C2(C(=O)Nc3ccc(C#N)cc3)CC2)c(Br)c1. The molecule has 6 heteroatoms. The number of hydrogen-bond donors (Lipinski definition) is 2. The maximum atomic E-state index is 12.6. The van der Waals surface area contributed by atoms with Gasteiger partial charge in [0.25, 0.3) is 0 Å². The zero-order valence-corrected chi connectivity index (χ0v) is 15.2. The van der Waals surface area contributed by atoms with E-state index in [1.54, 1.807) is 24.3 Å². The second-order valence-electron chi connectivity index (χ2n) is 6.16. The van der Waals surface area contributed by atoms with Crippen LogP contribution in [0.15, 0.2) is 46.9 Å². The van der Waals surface area contributed by atoms with Crippen LogP contribution in [-0.4, -0.2) is 11.8 Å². The fourth-order valence-corrected chi connectivity index (χ4v) is 3.12. The van der Waals surface area contributed by atoms with E-state index >= 15 is 0 Å². The minimum absolute atomic E-state index is 0.303. The van der Waals surface area contributed by atoms with Crippen LogP contribution >= 0.6 is 15.9 Å². The van der Waals surface area contributed by atoms with Gasteiger partial charge in [-0.2, -0.15) is 5.26 Å². The molecule has 5 nitrogen and oxygen atoms in total. The molecule has 3 rings (SSSR count). The van der Waals surface area contributed by atoms with E-state index in [9.17, 15) is 9.59 Å². The molecule has 126 valence electrons. The molecule has 0 bridgehead atoms. The predicted octanol–water partition coefficient (Wildman–Crippen LogP) is 3.99. The van der Waals surface area contributed by atoms with Gasteiger partial charge in [-0.1, -0.05) is 6.07 Å². The zero-order valence-electron chi connectivity index (χ0n) is 13.6. The molecule has 1 aliphatic rings. The monoisotopic (exact) mass is 397 g/mol. The molecule has 2 aromatic rings. The summed E-state index contributed by atoms with van der Waals surface area (Å²) in [6, 6.07) is 14.2. The van der Waals surface area contributed by atoms with Gasteiger partial charge in [0.1, 0.15) is 5.41 Å². The van der Waals surface area contributed by atoms with Crippen LogP contribution in [0.1, 0.15) is 24.0 Å². The Bertz CT molecular complexity index is 881. The van der Waals surface area contributed by atoms with Crippen molar-refractivity contribution in [3.8, 4) is 6.07 Å². The highest BCUT2D eigenvalue weighted by atomic mass is 79.9. The van der Waals surface area contributed by atoms with E-state index < -0.39 is 5.41 Å². The van der Waals surface area contributed by atoms with Gasteiger partial charge in [0.05, 0.1) is 17.3 Å². The Labute approximate surface area is 154 Å². The van der Waals surface area contributed by atoms with Crippen molar-refractivity contribution < 1.29 is 9.59 Å². The Morgan fingerprint density at radius 3 is 2.28 bits per heavy atom. The summed E-state index contributed by atoms with van der Waals surface area (Å²) >= 11 is 3.43. The van der Waals surface area contributed by atoms with Crippen molar-refractivity contribution in [1.29, 1.82) is 5.26 Å². The van der Waals surface area contributed by atoms with Crippen LogP contribution in [-0.2, 0) is 9.59 Å². The van der Waals surface area contributed by atoms with Crippen LogP contribution in [0.2, 0.25) is 0 Å². The summed E-state index contributed by atoms with van der Waals surface area (Å²) in [5, 5.41) is 14.4. The summed E-state index contributed by atoms with van der Waals surface area (Å²) < 4.78 is 0.782. The number of aryl methyl sites for hydroxylation is 1. The highest BCUT2D eigenvalue weighted by Crippen LogP contribution is 2.47. The average molecular weight is 398 g/mol. The van der Waals surface area contributed by atoms with Crippen molar-refractivity contribution in [2.24, 2.45) is 5.41 Å². The number of amides is 2. The molecule has 2 N–H and O–H groups in total. The molecule has 0 saturated heterocycles. The van der Waals surface area contributed by atoms with Gasteiger partial charge in [0, 0.05) is 10.2 Å². The van der Waals surface area contributed by atoms with Crippen molar-refractivity contribution in [2.45, 2.75) is 19.8 Å². The van der Waals surface area contributed by atoms with Gasteiger partial charge in [0.15, 0.2) is 0 Å². The second-order valence-corrected chi connectivity index (χ2v) is 7.02. The first-order valence-electron chi connectivity index (χ1n) is 7.84. The van der Waals surface area contributed by atoms with Crippen LogP contribution in [0.25, 0.3) is 0 Å². The molecule has 1 aliphatic carbocycles. The maximum absolute atomic E-state index is 12.6. The minimum Gasteiger partial charge on any atom is -0.325 e. The molecule has 1 fully saturated rings. The summed E-state index contributed by atoms with van der Waals surface area (Å²) in [7, 11) is 0. The molecule has 0 heterocycles. The first-order valence-corrected chi connectivity index (χ1v) is 8.63. The van der Waals surface area contributed by atoms with Crippen molar-refractivity contribution in [1.82, 2.24) is 0 Å². The third-order valence-corrected chi connectivity index (χ3v) is 4.92. The Hall–Kier alpha value is -2.65. The molecule has 0 spiro atoms. The number of hydrogen-bond acceptors (Lipinski definition) is 3. The van der Waals surface area contributed by atoms with Crippen LogP contribution in [0.5, 0.6) is 0 Å². The number of carbonyl (C=O) groups excluding carboxylic acids is 2. The van der Waals surface area contributed by atoms with E-state index in [2.05, 4.69) is 26.6 Å². The lowest BCUT2D eigenvalue weighted by atomic mass is 10.0. The first kappa shape index (κ1) is 17.2.